The SMILES string of the molecule is O=C(O)CC1CN(C(=O)c2cc3cc(F)ccc3[nH]2)CCO1. The summed E-state index contributed by atoms with van der Waals surface area (Å²) in [6, 6.07) is 5.86. The summed E-state index contributed by atoms with van der Waals surface area (Å²) in [5.74, 6) is -1.56. The first kappa shape index (κ1) is 14.5. The molecule has 1 saturated heterocycles. The minimum atomic E-state index is -0.958. The molecule has 0 saturated carbocycles. The monoisotopic (exact) mass is 306 g/mol. The lowest BCUT2D eigenvalue weighted by Crippen LogP contribution is -2.46. The van der Waals surface area contributed by atoms with Crippen LogP contribution in [0.3, 0.4) is 0 Å². The molecule has 1 aliphatic rings. The number of carboxylic acids is 1. The Morgan fingerprint density at radius 1 is 1.41 bits per heavy atom. The smallest absolute Gasteiger partial charge is 0.306 e. The number of morpholine rings is 1. The molecule has 2 heterocycles. The molecule has 1 unspecified atom stereocenters. The molecule has 0 bridgehead atoms. The van der Waals surface area contributed by atoms with E-state index in [-0.39, 0.29) is 24.7 Å². The van der Waals surface area contributed by atoms with Crippen molar-refractivity contribution in [2.24, 2.45) is 0 Å². The van der Waals surface area contributed by atoms with Crippen LogP contribution in [-0.2, 0) is 9.53 Å². The van der Waals surface area contributed by atoms with Crippen LogP contribution in [0.4, 0.5) is 4.39 Å². The molecule has 1 amide bonds. The third-order valence-corrected chi connectivity index (χ3v) is 3.64. The van der Waals surface area contributed by atoms with Crippen molar-refractivity contribution in [3.8, 4) is 0 Å². The van der Waals surface area contributed by atoms with Crippen LogP contribution in [0.5, 0.6) is 0 Å². The van der Waals surface area contributed by atoms with Gasteiger partial charge >= 0.3 is 5.97 Å². The molecule has 0 radical (unpaired) electrons. The first-order valence-corrected chi connectivity index (χ1v) is 6.94. The van der Waals surface area contributed by atoms with Gasteiger partial charge < -0.3 is 19.7 Å². The Balaban J connectivity index is 1.78. The second-order valence-electron chi connectivity index (χ2n) is 5.26. The summed E-state index contributed by atoms with van der Waals surface area (Å²) >= 11 is 0. The zero-order chi connectivity index (χ0) is 15.7. The number of amides is 1. The number of ether oxygens (including phenoxy) is 1. The number of nitrogens with zero attached hydrogens (tertiary/aromatic N) is 1. The molecule has 1 fully saturated rings. The third kappa shape index (κ3) is 2.94. The fourth-order valence-corrected chi connectivity index (χ4v) is 2.61. The standard InChI is InChI=1S/C15H15FN2O4/c16-10-1-2-12-9(5-10)6-13(17-12)15(21)18-3-4-22-11(8-18)7-14(19)20/h1-2,5-6,11,17H,3-4,7-8H2,(H,19,20). The van der Waals surface area contributed by atoms with Crippen molar-refractivity contribution >= 4 is 22.8 Å². The predicted molar refractivity (Wildman–Crippen MR) is 76.2 cm³/mol. The van der Waals surface area contributed by atoms with E-state index in [0.29, 0.717) is 29.7 Å². The minimum Gasteiger partial charge on any atom is -0.481 e. The lowest BCUT2D eigenvalue weighted by atomic mass is 10.2. The maximum Gasteiger partial charge on any atom is 0.306 e. The molecule has 1 atom stereocenters. The molecular formula is C15H15FN2O4. The summed E-state index contributed by atoms with van der Waals surface area (Å²) in [4.78, 5) is 27.7. The summed E-state index contributed by atoms with van der Waals surface area (Å²) in [6.07, 6.45) is -0.640. The highest BCUT2D eigenvalue weighted by Crippen LogP contribution is 2.19. The Morgan fingerprint density at radius 2 is 2.23 bits per heavy atom. The van der Waals surface area contributed by atoms with Gasteiger partial charge in [-0.1, -0.05) is 0 Å². The molecule has 2 N–H and O–H groups in total. The molecule has 22 heavy (non-hydrogen) atoms. The Morgan fingerprint density at radius 3 is 3.00 bits per heavy atom. The zero-order valence-electron chi connectivity index (χ0n) is 11.7. The molecule has 0 aliphatic carbocycles. The molecule has 116 valence electrons. The van der Waals surface area contributed by atoms with Crippen molar-refractivity contribution in [1.82, 2.24) is 9.88 Å². The largest absolute Gasteiger partial charge is 0.481 e. The lowest BCUT2D eigenvalue weighted by Gasteiger charge is -2.32. The van der Waals surface area contributed by atoms with Gasteiger partial charge in [0.2, 0.25) is 0 Å². The number of halogens is 1. The number of H-pyrrole nitrogens is 1. The van der Waals surface area contributed by atoms with Crippen LogP contribution in [0.25, 0.3) is 10.9 Å². The number of benzene rings is 1. The molecule has 1 aliphatic heterocycles. The number of hydrogen-bond acceptors (Lipinski definition) is 3. The van der Waals surface area contributed by atoms with Crippen molar-refractivity contribution in [3.63, 3.8) is 0 Å². The quantitative estimate of drug-likeness (QED) is 0.903. The molecule has 7 heteroatoms. The first-order chi connectivity index (χ1) is 10.5. The van der Waals surface area contributed by atoms with Crippen molar-refractivity contribution in [2.45, 2.75) is 12.5 Å². The number of carbonyl (C=O) groups is 2. The van der Waals surface area contributed by atoms with Gasteiger partial charge in [0.25, 0.3) is 5.91 Å². The highest BCUT2D eigenvalue weighted by atomic mass is 19.1. The maximum atomic E-state index is 13.2. The van der Waals surface area contributed by atoms with Crippen LogP contribution in [0.1, 0.15) is 16.9 Å². The number of aliphatic carboxylic acids is 1. The van der Waals surface area contributed by atoms with E-state index in [1.54, 1.807) is 17.0 Å². The van der Waals surface area contributed by atoms with Crippen molar-refractivity contribution in [3.05, 3.63) is 35.8 Å². The van der Waals surface area contributed by atoms with Crippen LogP contribution >= 0.6 is 0 Å². The van der Waals surface area contributed by atoms with Crippen LogP contribution in [-0.4, -0.2) is 52.7 Å². The summed E-state index contributed by atoms with van der Waals surface area (Å²) in [5, 5.41) is 9.43. The lowest BCUT2D eigenvalue weighted by molar-refractivity contribution is -0.141. The Hall–Kier alpha value is -2.41. The topological polar surface area (TPSA) is 82.6 Å². The second kappa shape index (κ2) is 5.76. The van der Waals surface area contributed by atoms with Crippen LogP contribution in [0.15, 0.2) is 24.3 Å². The Kier molecular flexibility index (Phi) is 3.81. The van der Waals surface area contributed by atoms with Gasteiger partial charge in [-0.15, -0.1) is 0 Å². The number of carbonyl (C=O) groups excluding carboxylic acids is 1. The van der Waals surface area contributed by atoms with E-state index in [4.69, 9.17) is 9.84 Å². The molecule has 3 rings (SSSR count). The van der Waals surface area contributed by atoms with E-state index in [0.717, 1.165) is 0 Å². The zero-order valence-corrected chi connectivity index (χ0v) is 11.7. The number of carboxylic acid groups (broad SMARTS) is 1. The molecule has 6 nitrogen and oxygen atoms in total. The molecule has 2 aromatic rings. The van der Waals surface area contributed by atoms with Gasteiger partial charge in [0.05, 0.1) is 19.1 Å². The number of fused-ring (bicyclic) bond motifs is 1. The van der Waals surface area contributed by atoms with Gasteiger partial charge in [0.1, 0.15) is 11.5 Å². The molecular weight excluding hydrogens is 291 g/mol. The highest BCUT2D eigenvalue weighted by molar-refractivity contribution is 5.98. The minimum absolute atomic E-state index is 0.137. The van der Waals surface area contributed by atoms with Crippen molar-refractivity contribution in [1.29, 1.82) is 0 Å². The van der Waals surface area contributed by atoms with E-state index < -0.39 is 12.1 Å². The van der Waals surface area contributed by atoms with E-state index in [1.165, 1.54) is 12.1 Å². The highest BCUT2D eigenvalue weighted by Gasteiger charge is 2.27. The summed E-state index contributed by atoms with van der Waals surface area (Å²) in [6.45, 7) is 0.937. The summed E-state index contributed by atoms with van der Waals surface area (Å²) < 4.78 is 18.5. The van der Waals surface area contributed by atoms with Gasteiger partial charge in [0.15, 0.2) is 0 Å². The van der Waals surface area contributed by atoms with Crippen LogP contribution in [0, 0.1) is 5.82 Å². The maximum absolute atomic E-state index is 13.2. The first-order valence-electron chi connectivity index (χ1n) is 6.94. The number of aromatic nitrogens is 1. The number of hydrogen-bond donors (Lipinski definition) is 2. The fourth-order valence-electron chi connectivity index (χ4n) is 2.61. The predicted octanol–water partition coefficient (Wildman–Crippen LogP) is 1.62. The molecule has 0 spiro atoms. The van der Waals surface area contributed by atoms with Gasteiger partial charge in [-0.25, -0.2) is 4.39 Å². The van der Waals surface area contributed by atoms with E-state index in [2.05, 4.69) is 4.98 Å². The molecule has 1 aromatic carbocycles. The van der Waals surface area contributed by atoms with E-state index >= 15 is 0 Å². The number of rotatable bonds is 3. The van der Waals surface area contributed by atoms with Crippen LogP contribution < -0.4 is 0 Å². The van der Waals surface area contributed by atoms with Gasteiger partial charge in [0, 0.05) is 24.0 Å². The van der Waals surface area contributed by atoms with Crippen molar-refractivity contribution in [2.75, 3.05) is 19.7 Å². The van der Waals surface area contributed by atoms with Gasteiger partial charge in [-0.05, 0) is 24.3 Å². The van der Waals surface area contributed by atoms with E-state index in [1.807, 2.05) is 0 Å². The summed E-state index contributed by atoms with van der Waals surface area (Å²) in [7, 11) is 0. The average Bonchev–Trinajstić information content (AvgIpc) is 2.89. The third-order valence-electron chi connectivity index (χ3n) is 3.64. The average molecular weight is 306 g/mol. The van der Waals surface area contributed by atoms with Crippen LogP contribution in [0.2, 0.25) is 0 Å². The number of nitrogens with one attached hydrogen (secondary N) is 1. The van der Waals surface area contributed by atoms with E-state index in [9.17, 15) is 14.0 Å². The number of aromatic amines is 1. The van der Waals surface area contributed by atoms with Crippen molar-refractivity contribution < 1.29 is 23.8 Å². The Labute approximate surface area is 125 Å². The molecule has 1 aromatic heterocycles. The normalized spacial score (nSPS) is 18.6. The second-order valence-corrected chi connectivity index (χ2v) is 5.26. The van der Waals surface area contributed by atoms with Gasteiger partial charge in [-0.2, -0.15) is 0 Å². The fraction of sp³-hybridized carbons (Fsp3) is 0.333. The summed E-state index contributed by atoms with van der Waals surface area (Å²) in [5.41, 5.74) is 1.04. The van der Waals surface area contributed by atoms with Gasteiger partial charge in [-0.3, -0.25) is 9.59 Å². The Bertz CT molecular complexity index is 727.